The van der Waals surface area contributed by atoms with Crippen molar-refractivity contribution >= 4 is 17.4 Å². The van der Waals surface area contributed by atoms with Gasteiger partial charge in [-0.05, 0) is 17.0 Å². The summed E-state index contributed by atoms with van der Waals surface area (Å²) < 4.78 is 13.1. The summed E-state index contributed by atoms with van der Waals surface area (Å²) in [7, 11) is 0. The van der Waals surface area contributed by atoms with Crippen LogP contribution in [0.4, 0.5) is 10.2 Å². The summed E-state index contributed by atoms with van der Waals surface area (Å²) in [6.07, 6.45) is 1.06. The highest BCUT2D eigenvalue weighted by atomic mass is 35.5. The summed E-state index contributed by atoms with van der Waals surface area (Å²) in [6.45, 7) is 6.75. The Kier molecular flexibility index (Phi) is 3.26. The van der Waals surface area contributed by atoms with Gasteiger partial charge in [-0.1, -0.05) is 20.8 Å². The van der Waals surface area contributed by atoms with Crippen LogP contribution >= 0.6 is 11.6 Å². The van der Waals surface area contributed by atoms with Crippen LogP contribution in [0.5, 0.6) is 0 Å². The normalized spacial score (nSPS) is 11.5. The highest BCUT2D eigenvalue weighted by Crippen LogP contribution is 2.16. The molecule has 0 saturated heterocycles. The first-order valence-corrected chi connectivity index (χ1v) is 4.68. The van der Waals surface area contributed by atoms with Gasteiger partial charge in [-0.2, -0.15) is 4.98 Å². The Morgan fingerprint density at radius 2 is 2.14 bits per heavy atom. The van der Waals surface area contributed by atoms with E-state index in [-0.39, 0.29) is 16.5 Å². The maximum Gasteiger partial charge on any atom is 0.224 e. The van der Waals surface area contributed by atoms with Gasteiger partial charge in [0.05, 0.1) is 6.20 Å². The van der Waals surface area contributed by atoms with Crippen LogP contribution in [0.15, 0.2) is 6.20 Å². The van der Waals surface area contributed by atoms with Crippen LogP contribution < -0.4 is 5.32 Å². The second-order valence-corrected chi connectivity index (χ2v) is 4.59. The number of aromatic nitrogens is 2. The van der Waals surface area contributed by atoms with Crippen LogP contribution in [0.3, 0.4) is 0 Å². The Morgan fingerprint density at radius 3 is 2.71 bits per heavy atom. The molecule has 0 spiro atoms. The maximum absolute atomic E-state index is 13.1. The van der Waals surface area contributed by atoms with Gasteiger partial charge in [0.25, 0.3) is 0 Å². The Hall–Kier alpha value is -0.900. The molecule has 0 aromatic carbocycles. The molecule has 1 N–H and O–H groups in total. The lowest BCUT2D eigenvalue weighted by molar-refractivity contribution is 0.441. The average molecular weight is 218 g/mol. The summed E-state index contributed by atoms with van der Waals surface area (Å²) >= 11 is 5.54. The van der Waals surface area contributed by atoms with Gasteiger partial charge in [-0.15, -0.1) is 0 Å². The molecule has 78 valence electrons. The molecule has 0 bridgehead atoms. The predicted molar refractivity (Wildman–Crippen MR) is 54.9 cm³/mol. The molecule has 0 saturated carbocycles. The van der Waals surface area contributed by atoms with Crippen molar-refractivity contribution in [2.24, 2.45) is 5.41 Å². The Bertz CT molecular complexity index is 322. The van der Waals surface area contributed by atoms with Crippen molar-refractivity contribution < 1.29 is 4.39 Å². The molecule has 1 aromatic heterocycles. The third-order valence-electron chi connectivity index (χ3n) is 1.50. The van der Waals surface area contributed by atoms with Gasteiger partial charge in [0.1, 0.15) is 0 Å². The second-order valence-electron chi connectivity index (χ2n) is 4.25. The molecule has 0 aliphatic carbocycles. The zero-order chi connectivity index (χ0) is 10.8. The quantitative estimate of drug-likeness (QED) is 0.775. The third-order valence-corrected chi connectivity index (χ3v) is 1.68. The van der Waals surface area contributed by atoms with Crippen molar-refractivity contribution in [1.29, 1.82) is 0 Å². The molecule has 14 heavy (non-hydrogen) atoms. The molecule has 1 rings (SSSR count). The number of anilines is 1. The van der Waals surface area contributed by atoms with E-state index in [1.54, 1.807) is 0 Å². The van der Waals surface area contributed by atoms with Gasteiger partial charge in [0.2, 0.25) is 5.28 Å². The van der Waals surface area contributed by atoms with Crippen molar-refractivity contribution in [2.45, 2.75) is 20.8 Å². The zero-order valence-electron chi connectivity index (χ0n) is 8.43. The number of rotatable bonds is 2. The fourth-order valence-corrected chi connectivity index (χ4v) is 0.952. The van der Waals surface area contributed by atoms with E-state index in [0.717, 1.165) is 6.20 Å². The molecule has 1 heterocycles. The van der Waals surface area contributed by atoms with Crippen LogP contribution in [0.2, 0.25) is 5.28 Å². The van der Waals surface area contributed by atoms with Crippen molar-refractivity contribution in [3.8, 4) is 0 Å². The van der Waals surface area contributed by atoms with E-state index >= 15 is 0 Å². The molecule has 1 aromatic rings. The molecule has 0 unspecified atom stereocenters. The number of nitrogens with one attached hydrogen (secondary N) is 1. The molecule has 3 nitrogen and oxygen atoms in total. The summed E-state index contributed by atoms with van der Waals surface area (Å²) in [6, 6.07) is 0. The summed E-state index contributed by atoms with van der Waals surface area (Å²) in [5.74, 6) is -0.335. The smallest absolute Gasteiger partial charge is 0.224 e. The SMILES string of the molecule is CC(C)(C)CNc1nc(Cl)ncc1F. The van der Waals surface area contributed by atoms with Gasteiger partial charge in [-0.25, -0.2) is 9.37 Å². The van der Waals surface area contributed by atoms with Crippen LogP contribution in [-0.4, -0.2) is 16.5 Å². The first-order chi connectivity index (χ1) is 6.38. The first kappa shape index (κ1) is 11.2. The molecular weight excluding hydrogens is 205 g/mol. The fraction of sp³-hybridized carbons (Fsp3) is 0.556. The summed E-state index contributed by atoms with van der Waals surface area (Å²) in [5.41, 5.74) is 0.0594. The predicted octanol–water partition coefficient (Wildman–Crippen LogP) is 2.73. The standard InChI is InChI=1S/C9H13ClFN3/c1-9(2,3)5-13-7-6(11)4-12-8(10)14-7/h4H,5H2,1-3H3,(H,12,13,14). The number of halogens is 2. The fourth-order valence-electron chi connectivity index (χ4n) is 0.818. The minimum atomic E-state index is -0.487. The van der Waals surface area contributed by atoms with Crippen LogP contribution in [0, 0.1) is 11.2 Å². The Balaban J connectivity index is 2.72. The molecule has 0 aliphatic heterocycles. The molecular formula is C9H13ClFN3. The molecule has 5 heteroatoms. The zero-order valence-corrected chi connectivity index (χ0v) is 9.19. The van der Waals surface area contributed by atoms with Crippen LogP contribution in [0.1, 0.15) is 20.8 Å². The highest BCUT2D eigenvalue weighted by molar-refractivity contribution is 6.28. The van der Waals surface area contributed by atoms with Crippen molar-refractivity contribution in [2.75, 3.05) is 11.9 Å². The van der Waals surface area contributed by atoms with Gasteiger partial charge in [0, 0.05) is 6.54 Å². The minimum absolute atomic E-state index is 0.0443. The van der Waals surface area contributed by atoms with Gasteiger partial charge in [-0.3, -0.25) is 0 Å². The number of nitrogens with zero attached hydrogens (tertiary/aromatic N) is 2. The molecule has 0 atom stereocenters. The van der Waals surface area contributed by atoms with E-state index in [4.69, 9.17) is 11.6 Å². The lowest BCUT2D eigenvalue weighted by Crippen LogP contribution is -2.20. The Morgan fingerprint density at radius 1 is 1.50 bits per heavy atom. The van der Waals surface area contributed by atoms with E-state index in [1.807, 2.05) is 20.8 Å². The Labute approximate surface area is 87.7 Å². The summed E-state index contributed by atoms with van der Waals surface area (Å²) in [4.78, 5) is 7.27. The van der Waals surface area contributed by atoms with E-state index < -0.39 is 5.82 Å². The second kappa shape index (κ2) is 4.09. The average Bonchev–Trinajstić information content (AvgIpc) is 2.05. The van der Waals surface area contributed by atoms with Crippen LogP contribution in [0.25, 0.3) is 0 Å². The van der Waals surface area contributed by atoms with Gasteiger partial charge < -0.3 is 5.32 Å². The molecule has 0 amide bonds. The monoisotopic (exact) mass is 217 g/mol. The van der Waals surface area contributed by atoms with Crippen LogP contribution in [-0.2, 0) is 0 Å². The van der Waals surface area contributed by atoms with Gasteiger partial charge in [0.15, 0.2) is 11.6 Å². The molecule has 0 aliphatic rings. The summed E-state index contributed by atoms with van der Waals surface area (Å²) in [5, 5.41) is 2.93. The topological polar surface area (TPSA) is 37.8 Å². The van der Waals surface area contributed by atoms with E-state index in [9.17, 15) is 4.39 Å². The van der Waals surface area contributed by atoms with E-state index in [1.165, 1.54) is 0 Å². The lowest BCUT2D eigenvalue weighted by Gasteiger charge is -2.19. The lowest BCUT2D eigenvalue weighted by atomic mass is 9.97. The van der Waals surface area contributed by atoms with E-state index in [0.29, 0.717) is 6.54 Å². The van der Waals surface area contributed by atoms with E-state index in [2.05, 4.69) is 15.3 Å². The molecule has 0 fully saturated rings. The van der Waals surface area contributed by atoms with Crippen molar-refractivity contribution in [1.82, 2.24) is 9.97 Å². The highest BCUT2D eigenvalue weighted by Gasteiger charge is 2.12. The first-order valence-electron chi connectivity index (χ1n) is 4.30. The maximum atomic E-state index is 13.1. The molecule has 0 radical (unpaired) electrons. The number of hydrogen-bond donors (Lipinski definition) is 1. The minimum Gasteiger partial charge on any atom is -0.367 e. The van der Waals surface area contributed by atoms with Crippen molar-refractivity contribution in [3.63, 3.8) is 0 Å². The third kappa shape index (κ3) is 3.46. The largest absolute Gasteiger partial charge is 0.367 e. The number of hydrogen-bond acceptors (Lipinski definition) is 3. The van der Waals surface area contributed by atoms with Crippen molar-refractivity contribution in [3.05, 3.63) is 17.3 Å². The van der Waals surface area contributed by atoms with Gasteiger partial charge >= 0.3 is 0 Å².